The molecule has 0 saturated carbocycles. The summed E-state index contributed by atoms with van der Waals surface area (Å²) in [6.45, 7) is 2.41. The minimum Gasteiger partial charge on any atom is -0.508 e. The Morgan fingerprint density at radius 2 is 2.28 bits per heavy atom. The predicted octanol–water partition coefficient (Wildman–Crippen LogP) is 0.625. The Labute approximate surface area is 108 Å². The molecule has 1 heterocycles. The number of aromatic hydroxyl groups is 1. The van der Waals surface area contributed by atoms with Gasteiger partial charge in [0.1, 0.15) is 5.75 Å². The van der Waals surface area contributed by atoms with Gasteiger partial charge in [0.25, 0.3) is 0 Å². The lowest BCUT2D eigenvalue weighted by atomic mass is 10.1. The zero-order chi connectivity index (χ0) is 13.1. The highest BCUT2D eigenvalue weighted by Crippen LogP contribution is 2.27. The van der Waals surface area contributed by atoms with Crippen molar-refractivity contribution in [2.75, 3.05) is 33.7 Å². The van der Waals surface area contributed by atoms with Crippen LogP contribution in [0.5, 0.6) is 5.75 Å². The lowest BCUT2D eigenvalue weighted by molar-refractivity contribution is 0.293. The second kappa shape index (κ2) is 5.27. The molecule has 0 saturated heterocycles. The van der Waals surface area contributed by atoms with Crippen LogP contribution in [0.1, 0.15) is 11.6 Å². The number of aliphatic imine (C=N–C) groups is 1. The summed E-state index contributed by atoms with van der Waals surface area (Å²) in [5, 5.41) is 9.55. The number of phenols is 1. The van der Waals surface area contributed by atoms with Gasteiger partial charge in [-0.3, -0.25) is 4.99 Å². The number of phenolic OH excluding ortho intramolecular Hbond substituents is 1. The van der Waals surface area contributed by atoms with Gasteiger partial charge in [0.2, 0.25) is 0 Å². The van der Waals surface area contributed by atoms with Crippen molar-refractivity contribution in [3.8, 4) is 5.75 Å². The molecule has 18 heavy (non-hydrogen) atoms. The Balaban J connectivity index is 2.12. The van der Waals surface area contributed by atoms with E-state index in [0.29, 0.717) is 12.5 Å². The van der Waals surface area contributed by atoms with Crippen LogP contribution < -0.4 is 5.73 Å². The molecule has 1 aromatic rings. The SMILES string of the molecule is CN(C)CCN1C(N)=NCC1c1cccc(O)c1. The first-order valence-electron chi connectivity index (χ1n) is 6.08. The molecule has 1 unspecified atom stereocenters. The number of nitrogens with zero attached hydrogens (tertiary/aromatic N) is 3. The zero-order valence-electron chi connectivity index (χ0n) is 10.9. The van der Waals surface area contributed by atoms with Crippen LogP contribution in [-0.4, -0.2) is 54.6 Å². The first kappa shape index (κ1) is 12.7. The quantitative estimate of drug-likeness (QED) is 0.820. The molecular formula is C13H20N4O. The Morgan fingerprint density at radius 3 is 2.94 bits per heavy atom. The Bertz CT molecular complexity index is 444. The van der Waals surface area contributed by atoms with Gasteiger partial charge in [-0.25, -0.2) is 0 Å². The molecule has 1 atom stereocenters. The van der Waals surface area contributed by atoms with Crippen LogP contribution in [0, 0.1) is 0 Å². The maximum atomic E-state index is 9.55. The van der Waals surface area contributed by atoms with E-state index in [1.54, 1.807) is 12.1 Å². The minimum absolute atomic E-state index is 0.136. The van der Waals surface area contributed by atoms with Crippen molar-refractivity contribution in [3.63, 3.8) is 0 Å². The molecule has 3 N–H and O–H groups in total. The smallest absolute Gasteiger partial charge is 0.191 e. The number of hydrogen-bond acceptors (Lipinski definition) is 5. The van der Waals surface area contributed by atoms with Crippen LogP contribution in [0.3, 0.4) is 0 Å². The summed E-state index contributed by atoms with van der Waals surface area (Å²) in [6, 6.07) is 7.44. The van der Waals surface area contributed by atoms with Gasteiger partial charge < -0.3 is 20.6 Å². The Morgan fingerprint density at radius 1 is 1.50 bits per heavy atom. The molecule has 5 heteroatoms. The van der Waals surface area contributed by atoms with E-state index in [9.17, 15) is 5.11 Å². The second-order valence-electron chi connectivity index (χ2n) is 4.81. The van der Waals surface area contributed by atoms with E-state index in [0.717, 1.165) is 18.7 Å². The van der Waals surface area contributed by atoms with E-state index in [1.165, 1.54) is 0 Å². The van der Waals surface area contributed by atoms with Crippen LogP contribution in [0.15, 0.2) is 29.3 Å². The average Bonchev–Trinajstić information content (AvgIpc) is 2.68. The maximum Gasteiger partial charge on any atom is 0.191 e. The van der Waals surface area contributed by atoms with E-state index in [-0.39, 0.29) is 11.8 Å². The Hall–Kier alpha value is -1.75. The Kier molecular flexibility index (Phi) is 3.72. The number of guanidine groups is 1. The summed E-state index contributed by atoms with van der Waals surface area (Å²) in [7, 11) is 4.07. The number of benzene rings is 1. The topological polar surface area (TPSA) is 65.1 Å². The molecule has 1 aliphatic heterocycles. The largest absolute Gasteiger partial charge is 0.508 e. The van der Waals surface area contributed by atoms with Gasteiger partial charge in [-0.05, 0) is 31.8 Å². The summed E-state index contributed by atoms with van der Waals surface area (Å²) >= 11 is 0. The van der Waals surface area contributed by atoms with Crippen molar-refractivity contribution in [3.05, 3.63) is 29.8 Å². The highest BCUT2D eigenvalue weighted by Gasteiger charge is 2.27. The van der Waals surface area contributed by atoms with E-state index in [2.05, 4.69) is 14.8 Å². The van der Waals surface area contributed by atoms with E-state index in [1.807, 2.05) is 26.2 Å². The van der Waals surface area contributed by atoms with Gasteiger partial charge in [0.15, 0.2) is 5.96 Å². The molecule has 2 rings (SSSR count). The van der Waals surface area contributed by atoms with Crippen LogP contribution in [0.4, 0.5) is 0 Å². The van der Waals surface area contributed by atoms with Crippen LogP contribution in [0.25, 0.3) is 0 Å². The number of likely N-dealkylation sites (N-methyl/N-ethyl adjacent to an activating group) is 1. The third-order valence-electron chi connectivity index (χ3n) is 3.14. The summed E-state index contributed by atoms with van der Waals surface area (Å²) in [5.41, 5.74) is 6.98. The van der Waals surface area contributed by atoms with Crippen molar-refractivity contribution >= 4 is 5.96 Å². The fourth-order valence-electron chi connectivity index (χ4n) is 2.12. The molecule has 0 radical (unpaired) electrons. The summed E-state index contributed by atoms with van der Waals surface area (Å²) in [6.07, 6.45) is 0. The molecule has 98 valence electrons. The minimum atomic E-state index is 0.136. The number of rotatable bonds is 4. The predicted molar refractivity (Wildman–Crippen MR) is 72.6 cm³/mol. The first-order chi connectivity index (χ1) is 8.58. The number of hydrogen-bond donors (Lipinski definition) is 2. The molecule has 0 bridgehead atoms. The average molecular weight is 248 g/mol. The summed E-state index contributed by atoms with van der Waals surface area (Å²) < 4.78 is 0. The molecule has 5 nitrogen and oxygen atoms in total. The lowest BCUT2D eigenvalue weighted by Gasteiger charge is -2.27. The van der Waals surface area contributed by atoms with Crippen molar-refractivity contribution in [1.82, 2.24) is 9.80 Å². The van der Waals surface area contributed by atoms with Gasteiger partial charge >= 0.3 is 0 Å². The molecule has 1 aromatic carbocycles. The molecule has 0 fully saturated rings. The zero-order valence-corrected chi connectivity index (χ0v) is 10.9. The van der Waals surface area contributed by atoms with E-state index >= 15 is 0 Å². The standard InChI is InChI=1S/C13H20N4O/c1-16(2)6-7-17-12(9-15-13(17)14)10-4-3-5-11(18)8-10/h3-5,8,12,18H,6-7,9H2,1-2H3,(H2,14,15). The molecule has 0 spiro atoms. The van der Waals surface area contributed by atoms with Crippen LogP contribution >= 0.6 is 0 Å². The summed E-state index contributed by atoms with van der Waals surface area (Å²) in [4.78, 5) is 8.51. The van der Waals surface area contributed by atoms with Gasteiger partial charge in [-0.2, -0.15) is 0 Å². The third-order valence-corrected chi connectivity index (χ3v) is 3.14. The van der Waals surface area contributed by atoms with Crippen molar-refractivity contribution in [1.29, 1.82) is 0 Å². The molecule has 0 amide bonds. The van der Waals surface area contributed by atoms with Gasteiger partial charge in [-0.1, -0.05) is 12.1 Å². The monoisotopic (exact) mass is 248 g/mol. The maximum absolute atomic E-state index is 9.55. The normalized spacial score (nSPS) is 19.4. The highest BCUT2D eigenvalue weighted by molar-refractivity contribution is 5.80. The molecular weight excluding hydrogens is 228 g/mol. The lowest BCUT2D eigenvalue weighted by Crippen LogP contribution is -2.40. The van der Waals surface area contributed by atoms with E-state index < -0.39 is 0 Å². The van der Waals surface area contributed by atoms with Gasteiger partial charge in [-0.15, -0.1) is 0 Å². The van der Waals surface area contributed by atoms with Gasteiger partial charge in [0, 0.05) is 13.1 Å². The fraction of sp³-hybridized carbons (Fsp3) is 0.462. The highest BCUT2D eigenvalue weighted by atomic mass is 16.3. The van der Waals surface area contributed by atoms with E-state index in [4.69, 9.17) is 5.73 Å². The van der Waals surface area contributed by atoms with Crippen molar-refractivity contribution < 1.29 is 5.11 Å². The number of nitrogens with two attached hydrogens (primary N) is 1. The fourth-order valence-corrected chi connectivity index (χ4v) is 2.12. The van der Waals surface area contributed by atoms with Crippen LogP contribution in [-0.2, 0) is 0 Å². The second-order valence-corrected chi connectivity index (χ2v) is 4.81. The summed E-state index contributed by atoms with van der Waals surface area (Å²) in [5.74, 6) is 0.871. The van der Waals surface area contributed by atoms with Crippen molar-refractivity contribution in [2.24, 2.45) is 10.7 Å². The molecule has 0 aromatic heterocycles. The van der Waals surface area contributed by atoms with Crippen LogP contribution in [0.2, 0.25) is 0 Å². The molecule has 1 aliphatic rings. The third kappa shape index (κ3) is 2.73. The first-order valence-corrected chi connectivity index (χ1v) is 6.08. The van der Waals surface area contributed by atoms with Gasteiger partial charge in [0.05, 0.1) is 12.6 Å². The van der Waals surface area contributed by atoms with Crippen molar-refractivity contribution in [2.45, 2.75) is 6.04 Å². The molecule has 0 aliphatic carbocycles.